The van der Waals surface area contributed by atoms with Gasteiger partial charge in [-0.05, 0) is 26.0 Å². The van der Waals surface area contributed by atoms with E-state index in [2.05, 4.69) is 10.3 Å². The van der Waals surface area contributed by atoms with Crippen LogP contribution in [-0.4, -0.2) is 22.0 Å². The first-order chi connectivity index (χ1) is 8.90. The molecule has 0 saturated carbocycles. The third-order valence-electron chi connectivity index (χ3n) is 2.43. The van der Waals surface area contributed by atoms with Crippen LogP contribution in [0.2, 0.25) is 0 Å². The highest BCUT2D eigenvalue weighted by molar-refractivity contribution is 7.09. The summed E-state index contributed by atoms with van der Waals surface area (Å²) in [5.74, 6) is -2.00. The summed E-state index contributed by atoms with van der Waals surface area (Å²) in [6, 6.07) is 2.57. The molecule has 0 saturated heterocycles. The van der Waals surface area contributed by atoms with Crippen molar-refractivity contribution in [3.63, 3.8) is 0 Å². The topological polar surface area (TPSA) is 92.4 Å². The number of hydrogen-bond donors (Lipinski definition) is 2. The van der Waals surface area contributed by atoms with Crippen molar-refractivity contribution < 1.29 is 19.1 Å². The minimum atomic E-state index is -1.21. The normalized spacial score (nSPS) is 11.3. The number of nitrogens with zero attached hydrogens (tertiary/aromatic N) is 1. The molecule has 0 radical (unpaired) electrons. The quantitative estimate of drug-likeness (QED) is 0.894. The number of aromatic carboxylic acids is 1. The van der Waals surface area contributed by atoms with E-state index < -0.39 is 17.4 Å². The monoisotopic (exact) mass is 280 g/mol. The number of carboxylic acids is 1. The SMILES string of the molecule is CC(C)(NC(=O)c1ccc(C(=O)O)o1)c1nccs1. The maximum Gasteiger partial charge on any atom is 0.371 e. The second-order valence-corrected chi connectivity index (χ2v) is 5.28. The maximum atomic E-state index is 12.0. The first-order valence-electron chi connectivity index (χ1n) is 5.46. The second-order valence-electron chi connectivity index (χ2n) is 4.39. The molecule has 0 spiro atoms. The molecule has 7 heteroatoms. The van der Waals surface area contributed by atoms with Gasteiger partial charge in [-0.25, -0.2) is 9.78 Å². The predicted octanol–water partition coefficient (Wildman–Crippen LogP) is 2.10. The number of amides is 1. The summed E-state index contributed by atoms with van der Waals surface area (Å²) in [6.07, 6.45) is 1.66. The van der Waals surface area contributed by atoms with Crippen LogP contribution in [0.25, 0.3) is 0 Å². The van der Waals surface area contributed by atoms with E-state index in [9.17, 15) is 9.59 Å². The minimum absolute atomic E-state index is 0.0398. The molecule has 2 rings (SSSR count). The Morgan fingerprint density at radius 3 is 2.58 bits per heavy atom. The summed E-state index contributed by atoms with van der Waals surface area (Å²) >= 11 is 1.43. The van der Waals surface area contributed by atoms with Crippen LogP contribution in [0.1, 0.15) is 40.0 Å². The van der Waals surface area contributed by atoms with Crippen LogP contribution in [0.3, 0.4) is 0 Å². The van der Waals surface area contributed by atoms with Crippen molar-refractivity contribution in [3.8, 4) is 0 Å². The Morgan fingerprint density at radius 1 is 1.37 bits per heavy atom. The molecular weight excluding hydrogens is 268 g/mol. The average molecular weight is 280 g/mol. The number of nitrogens with one attached hydrogen (secondary N) is 1. The largest absolute Gasteiger partial charge is 0.475 e. The number of hydrogen-bond acceptors (Lipinski definition) is 5. The molecule has 2 heterocycles. The van der Waals surface area contributed by atoms with Crippen molar-refractivity contribution >= 4 is 23.2 Å². The number of thiazole rings is 1. The smallest absolute Gasteiger partial charge is 0.371 e. The Labute approximate surface area is 113 Å². The zero-order valence-electron chi connectivity index (χ0n) is 10.3. The fraction of sp³-hybridized carbons (Fsp3) is 0.250. The Bertz CT molecular complexity index is 601. The van der Waals surface area contributed by atoms with E-state index in [1.807, 2.05) is 19.2 Å². The lowest BCUT2D eigenvalue weighted by Gasteiger charge is -2.22. The molecule has 0 aromatic carbocycles. The lowest BCUT2D eigenvalue weighted by molar-refractivity contribution is 0.0659. The maximum absolute atomic E-state index is 12.0. The number of rotatable bonds is 4. The van der Waals surface area contributed by atoms with E-state index in [1.54, 1.807) is 6.20 Å². The van der Waals surface area contributed by atoms with Gasteiger partial charge in [0, 0.05) is 11.6 Å². The fourth-order valence-electron chi connectivity index (χ4n) is 1.51. The van der Waals surface area contributed by atoms with Crippen molar-refractivity contribution in [2.75, 3.05) is 0 Å². The first kappa shape index (κ1) is 13.3. The highest BCUT2D eigenvalue weighted by Crippen LogP contribution is 2.22. The van der Waals surface area contributed by atoms with Gasteiger partial charge in [0.2, 0.25) is 5.76 Å². The van der Waals surface area contributed by atoms with Crippen LogP contribution in [0.15, 0.2) is 28.1 Å². The second kappa shape index (κ2) is 4.85. The van der Waals surface area contributed by atoms with Gasteiger partial charge in [0.25, 0.3) is 5.91 Å². The highest BCUT2D eigenvalue weighted by Gasteiger charge is 2.27. The van der Waals surface area contributed by atoms with Gasteiger partial charge in [0.05, 0.1) is 5.54 Å². The molecule has 0 unspecified atom stereocenters. The van der Waals surface area contributed by atoms with E-state index in [4.69, 9.17) is 9.52 Å². The number of furan rings is 1. The summed E-state index contributed by atoms with van der Waals surface area (Å²) in [6.45, 7) is 3.62. The molecule has 0 aliphatic carbocycles. The standard InChI is InChI=1S/C12H12N2O4S/c1-12(2,11-13-5-6-19-11)14-9(15)7-3-4-8(18-7)10(16)17/h3-6H,1-2H3,(H,14,15)(H,16,17). The van der Waals surface area contributed by atoms with Crippen LogP contribution in [0.4, 0.5) is 0 Å². The summed E-state index contributed by atoms with van der Waals surface area (Å²) < 4.78 is 4.94. The summed E-state index contributed by atoms with van der Waals surface area (Å²) in [5, 5.41) is 14.1. The van der Waals surface area contributed by atoms with E-state index in [-0.39, 0.29) is 11.5 Å². The molecule has 19 heavy (non-hydrogen) atoms. The van der Waals surface area contributed by atoms with Crippen LogP contribution in [0, 0.1) is 0 Å². The molecule has 0 fully saturated rings. The summed E-state index contributed by atoms with van der Waals surface area (Å²) in [4.78, 5) is 26.8. The van der Waals surface area contributed by atoms with E-state index in [0.717, 1.165) is 5.01 Å². The Hall–Kier alpha value is -2.15. The van der Waals surface area contributed by atoms with Crippen molar-refractivity contribution in [1.82, 2.24) is 10.3 Å². The molecule has 2 N–H and O–H groups in total. The summed E-state index contributed by atoms with van der Waals surface area (Å²) in [5.41, 5.74) is -0.651. The van der Waals surface area contributed by atoms with Gasteiger partial charge in [-0.1, -0.05) is 0 Å². The van der Waals surface area contributed by atoms with E-state index >= 15 is 0 Å². The van der Waals surface area contributed by atoms with Crippen LogP contribution in [0.5, 0.6) is 0 Å². The first-order valence-corrected chi connectivity index (χ1v) is 6.34. The zero-order valence-corrected chi connectivity index (χ0v) is 11.2. The molecule has 0 bridgehead atoms. The molecular formula is C12H12N2O4S. The number of carbonyl (C=O) groups excluding carboxylic acids is 1. The van der Waals surface area contributed by atoms with Crippen molar-refractivity contribution in [3.05, 3.63) is 40.2 Å². The highest BCUT2D eigenvalue weighted by atomic mass is 32.1. The molecule has 6 nitrogen and oxygen atoms in total. The molecule has 0 aliphatic heterocycles. The third kappa shape index (κ3) is 2.82. The van der Waals surface area contributed by atoms with E-state index in [0.29, 0.717) is 0 Å². The summed E-state index contributed by atoms with van der Waals surface area (Å²) in [7, 11) is 0. The molecule has 2 aromatic heterocycles. The third-order valence-corrected chi connectivity index (χ3v) is 3.53. The van der Waals surface area contributed by atoms with Gasteiger partial charge in [-0.3, -0.25) is 4.79 Å². The average Bonchev–Trinajstić information content (AvgIpc) is 3.00. The van der Waals surface area contributed by atoms with Crippen LogP contribution >= 0.6 is 11.3 Å². The van der Waals surface area contributed by atoms with Gasteiger partial charge in [-0.2, -0.15) is 0 Å². The van der Waals surface area contributed by atoms with Crippen molar-refractivity contribution in [2.45, 2.75) is 19.4 Å². The minimum Gasteiger partial charge on any atom is -0.475 e. The van der Waals surface area contributed by atoms with Gasteiger partial charge in [-0.15, -0.1) is 11.3 Å². The fourth-order valence-corrected chi connectivity index (χ4v) is 2.22. The molecule has 0 aliphatic rings. The van der Waals surface area contributed by atoms with E-state index in [1.165, 1.54) is 23.5 Å². The number of carbonyl (C=O) groups is 2. The lowest BCUT2D eigenvalue weighted by Crippen LogP contribution is -2.40. The van der Waals surface area contributed by atoms with Gasteiger partial charge >= 0.3 is 5.97 Å². The van der Waals surface area contributed by atoms with Crippen molar-refractivity contribution in [1.29, 1.82) is 0 Å². The Kier molecular flexibility index (Phi) is 3.39. The van der Waals surface area contributed by atoms with Crippen molar-refractivity contribution in [2.24, 2.45) is 0 Å². The van der Waals surface area contributed by atoms with Crippen LogP contribution < -0.4 is 5.32 Å². The van der Waals surface area contributed by atoms with Gasteiger partial charge < -0.3 is 14.8 Å². The zero-order chi connectivity index (χ0) is 14.0. The molecule has 1 amide bonds. The number of aromatic nitrogens is 1. The van der Waals surface area contributed by atoms with Gasteiger partial charge in [0.15, 0.2) is 5.76 Å². The molecule has 0 atom stereocenters. The van der Waals surface area contributed by atoms with Crippen LogP contribution in [-0.2, 0) is 5.54 Å². The Balaban J connectivity index is 2.14. The number of carboxylic acid groups (broad SMARTS) is 1. The predicted molar refractivity (Wildman–Crippen MR) is 68.3 cm³/mol. The molecule has 2 aromatic rings. The van der Waals surface area contributed by atoms with Gasteiger partial charge in [0.1, 0.15) is 5.01 Å². The Morgan fingerprint density at radius 2 is 2.05 bits per heavy atom. The molecule has 100 valence electrons. The lowest BCUT2D eigenvalue weighted by atomic mass is 10.1.